The van der Waals surface area contributed by atoms with Gasteiger partial charge in [-0.05, 0) is 13.8 Å². The highest BCUT2D eigenvalue weighted by molar-refractivity contribution is 5.74. The fourth-order valence-electron chi connectivity index (χ4n) is 0.786. The van der Waals surface area contributed by atoms with E-state index in [1.54, 1.807) is 0 Å². The second kappa shape index (κ2) is 3.07. The molecular formula is C7H13FN2O. The zero-order valence-corrected chi connectivity index (χ0v) is 6.73. The van der Waals surface area contributed by atoms with Gasteiger partial charge in [0.25, 0.3) is 0 Å². The van der Waals surface area contributed by atoms with Crippen molar-refractivity contribution in [3.8, 4) is 0 Å². The van der Waals surface area contributed by atoms with E-state index >= 15 is 0 Å². The first kappa shape index (κ1) is 8.30. The molecule has 2 N–H and O–H groups in total. The van der Waals surface area contributed by atoms with E-state index in [2.05, 4.69) is 10.6 Å². The van der Waals surface area contributed by atoms with Gasteiger partial charge in [-0.25, -0.2) is 9.18 Å². The summed E-state index contributed by atoms with van der Waals surface area (Å²) in [6.07, 6.45) is -0.362. The van der Waals surface area contributed by atoms with Crippen LogP contribution in [-0.2, 0) is 0 Å². The predicted octanol–water partition coefficient (Wildman–Crippen LogP) is 0.804. The van der Waals surface area contributed by atoms with E-state index in [9.17, 15) is 9.18 Å². The molecule has 0 aromatic carbocycles. The molecule has 0 radical (unpaired) electrons. The Morgan fingerprint density at radius 3 is 2.55 bits per heavy atom. The van der Waals surface area contributed by atoms with Crippen LogP contribution in [0.25, 0.3) is 0 Å². The number of rotatable bonds is 2. The number of alkyl halides is 1. The Kier molecular flexibility index (Phi) is 2.31. The van der Waals surface area contributed by atoms with E-state index in [4.69, 9.17) is 0 Å². The molecule has 4 heteroatoms. The minimum absolute atomic E-state index is 0.104. The minimum Gasteiger partial charge on any atom is -0.336 e. The normalized spacial score (nSPS) is 28.4. The fraction of sp³-hybridized carbons (Fsp3) is 0.857. The maximum Gasteiger partial charge on any atom is 0.315 e. The van der Waals surface area contributed by atoms with Crippen molar-refractivity contribution in [1.29, 1.82) is 0 Å². The molecule has 0 saturated heterocycles. The lowest BCUT2D eigenvalue weighted by atomic mass is 10.4. The molecule has 3 nitrogen and oxygen atoms in total. The molecule has 0 spiro atoms. The Morgan fingerprint density at radius 2 is 2.18 bits per heavy atom. The molecule has 1 aliphatic rings. The van der Waals surface area contributed by atoms with Crippen LogP contribution in [0.5, 0.6) is 0 Å². The maximum atomic E-state index is 12.2. The molecule has 2 amide bonds. The van der Waals surface area contributed by atoms with Crippen LogP contribution >= 0.6 is 0 Å². The van der Waals surface area contributed by atoms with Gasteiger partial charge in [0.2, 0.25) is 0 Å². The van der Waals surface area contributed by atoms with Crippen molar-refractivity contribution < 1.29 is 9.18 Å². The average Bonchev–Trinajstić information content (AvgIpc) is 2.43. The van der Waals surface area contributed by atoms with Gasteiger partial charge in [0.05, 0.1) is 6.04 Å². The number of carbonyl (C=O) groups is 1. The van der Waals surface area contributed by atoms with E-state index in [-0.39, 0.29) is 18.1 Å². The molecule has 1 fully saturated rings. The molecule has 1 saturated carbocycles. The van der Waals surface area contributed by atoms with Gasteiger partial charge in [0.1, 0.15) is 6.17 Å². The van der Waals surface area contributed by atoms with Gasteiger partial charge in [-0.15, -0.1) is 0 Å². The van der Waals surface area contributed by atoms with Crippen molar-refractivity contribution >= 4 is 6.03 Å². The molecule has 0 heterocycles. The molecule has 0 aliphatic heterocycles. The second-order valence-electron chi connectivity index (χ2n) is 3.13. The zero-order valence-electron chi connectivity index (χ0n) is 6.73. The summed E-state index contributed by atoms with van der Waals surface area (Å²) in [6.45, 7) is 3.72. The third-order valence-electron chi connectivity index (χ3n) is 1.45. The van der Waals surface area contributed by atoms with Crippen LogP contribution in [0.2, 0.25) is 0 Å². The molecule has 0 bridgehead atoms. The van der Waals surface area contributed by atoms with Crippen LogP contribution in [0.15, 0.2) is 0 Å². The van der Waals surface area contributed by atoms with E-state index in [0.717, 1.165) is 0 Å². The molecular weight excluding hydrogens is 147 g/mol. The number of urea groups is 1. The van der Waals surface area contributed by atoms with Crippen LogP contribution in [0, 0.1) is 0 Å². The summed E-state index contributed by atoms with van der Waals surface area (Å²) in [5.74, 6) is 0. The third kappa shape index (κ3) is 2.74. The first-order valence-corrected chi connectivity index (χ1v) is 3.80. The summed E-state index contributed by atoms with van der Waals surface area (Å²) < 4.78 is 12.2. The monoisotopic (exact) mass is 160 g/mol. The van der Waals surface area contributed by atoms with Crippen molar-refractivity contribution in [1.82, 2.24) is 10.6 Å². The second-order valence-corrected chi connectivity index (χ2v) is 3.13. The van der Waals surface area contributed by atoms with Gasteiger partial charge >= 0.3 is 6.03 Å². The molecule has 1 rings (SSSR count). The van der Waals surface area contributed by atoms with E-state index in [1.165, 1.54) is 0 Å². The lowest BCUT2D eigenvalue weighted by Gasteiger charge is -2.08. The van der Waals surface area contributed by atoms with Crippen LogP contribution in [0.1, 0.15) is 20.3 Å². The SMILES string of the molecule is CC(C)NC(=O)NC1CC1F. The van der Waals surface area contributed by atoms with Crippen molar-refractivity contribution in [3.05, 3.63) is 0 Å². The number of halogens is 1. The molecule has 11 heavy (non-hydrogen) atoms. The number of nitrogens with one attached hydrogen (secondary N) is 2. The highest BCUT2D eigenvalue weighted by Gasteiger charge is 2.38. The molecule has 64 valence electrons. The minimum atomic E-state index is -0.826. The Morgan fingerprint density at radius 1 is 1.64 bits per heavy atom. The number of hydrogen-bond acceptors (Lipinski definition) is 1. The van der Waals surface area contributed by atoms with Gasteiger partial charge in [-0.2, -0.15) is 0 Å². The van der Waals surface area contributed by atoms with Crippen LogP contribution in [0.3, 0.4) is 0 Å². The number of hydrogen-bond donors (Lipinski definition) is 2. The van der Waals surface area contributed by atoms with Crippen LogP contribution in [-0.4, -0.2) is 24.3 Å². The third-order valence-corrected chi connectivity index (χ3v) is 1.45. The molecule has 2 atom stereocenters. The van der Waals surface area contributed by atoms with Gasteiger partial charge in [0, 0.05) is 12.5 Å². The van der Waals surface area contributed by atoms with E-state index in [0.29, 0.717) is 6.42 Å². The Bertz CT molecular complexity index is 161. The maximum absolute atomic E-state index is 12.2. The smallest absolute Gasteiger partial charge is 0.315 e. The van der Waals surface area contributed by atoms with Gasteiger partial charge < -0.3 is 10.6 Å². The van der Waals surface area contributed by atoms with Crippen LogP contribution in [0.4, 0.5) is 9.18 Å². The first-order chi connectivity index (χ1) is 5.09. The predicted molar refractivity (Wildman–Crippen MR) is 40.1 cm³/mol. The summed E-state index contributed by atoms with van der Waals surface area (Å²) in [7, 11) is 0. The Balaban J connectivity index is 2.11. The Labute approximate surface area is 65.3 Å². The first-order valence-electron chi connectivity index (χ1n) is 3.80. The van der Waals surface area contributed by atoms with Crippen molar-refractivity contribution in [2.24, 2.45) is 0 Å². The summed E-state index contributed by atoms with van der Waals surface area (Å²) >= 11 is 0. The number of amides is 2. The van der Waals surface area contributed by atoms with E-state index < -0.39 is 6.17 Å². The highest BCUT2D eigenvalue weighted by Crippen LogP contribution is 2.24. The highest BCUT2D eigenvalue weighted by atomic mass is 19.1. The van der Waals surface area contributed by atoms with E-state index in [1.807, 2.05) is 13.8 Å². The summed E-state index contributed by atoms with van der Waals surface area (Å²) in [5, 5.41) is 5.13. The van der Waals surface area contributed by atoms with Gasteiger partial charge in [0.15, 0.2) is 0 Å². The van der Waals surface area contributed by atoms with Gasteiger partial charge in [-0.1, -0.05) is 0 Å². The van der Waals surface area contributed by atoms with Gasteiger partial charge in [-0.3, -0.25) is 0 Å². The standard InChI is InChI=1S/C7H13FN2O/c1-4(2)9-7(11)10-6-3-5(6)8/h4-6H,3H2,1-2H3,(H2,9,10,11). The summed E-state index contributed by atoms with van der Waals surface area (Å²) in [6, 6.07) is -0.411. The average molecular weight is 160 g/mol. The molecule has 0 aromatic heterocycles. The Hall–Kier alpha value is -0.800. The molecule has 2 unspecified atom stereocenters. The summed E-state index contributed by atoms with van der Waals surface area (Å²) in [5.41, 5.74) is 0. The lowest BCUT2D eigenvalue weighted by Crippen LogP contribution is -2.41. The fourth-order valence-corrected chi connectivity index (χ4v) is 0.786. The number of carbonyl (C=O) groups excluding carboxylic acids is 1. The topological polar surface area (TPSA) is 41.1 Å². The molecule has 0 aromatic rings. The quantitative estimate of drug-likeness (QED) is 0.616. The lowest BCUT2D eigenvalue weighted by molar-refractivity contribution is 0.237. The molecule has 1 aliphatic carbocycles. The van der Waals surface area contributed by atoms with Crippen molar-refractivity contribution in [2.75, 3.05) is 0 Å². The van der Waals surface area contributed by atoms with Crippen LogP contribution < -0.4 is 10.6 Å². The zero-order chi connectivity index (χ0) is 8.43. The largest absolute Gasteiger partial charge is 0.336 e. The summed E-state index contributed by atoms with van der Waals surface area (Å²) in [4.78, 5) is 10.9. The van der Waals surface area contributed by atoms with Crippen molar-refractivity contribution in [3.63, 3.8) is 0 Å². The van der Waals surface area contributed by atoms with Crippen molar-refractivity contribution in [2.45, 2.75) is 38.5 Å².